The Morgan fingerprint density at radius 3 is 1.76 bits per heavy atom. The van der Waals surface area contributed by atoms with Crippen molar-refractivity contribution in [2.75, 3.05) is 25.2 Å². The highest BCUT2D eigenvalue weighted by molar-refractivity contribution is 6.06. The number of methoxy groups -OCH3 is 1. The van der Waals surface area contributed by atoms with Crippen LogP contribution in [0.1, 0.15) is 17.3 Å². The van der Waals surface area contributed by atoms with Gasteiger partial charge in [-0.1, -0.05) is 30.3 Å². The summed E-state index contributed by atoms with van der Waals surface area (Å²) in [6, 6.07) is 30.7. The fourth-order valence-electron chi connectivity index (χ4n) is 3.68. The molecule has 0 saturated carbocycles. The van der Waals surface area contributed by atoms with Crippen LogP contribution < -0.4 is 19.1 Å². The minimum Gasteiger partial charge on any atom is -0.490 e. The minimum absolute atomic E-state index is 0.241. The monoisotopic (exact) mass is 497 g/mol. The van der Waals surface area contributed by atoms with Gasteiger partial charge in [0, 0.05) is 12.6 Å². The molecular formula is C30H27NO6. The van der Waals surface area contributed by atoms with Crippen LogP contribution in [-0.2, 0) is 9.53 Å². The highest BCUT2D eigenvalue weighted by Gasteiger charge is 2.21. The fourth-order valence-corrected chi connectivity index (χ4v) is 3.68. The third kappa shape index (κ3) is 6.67. The summed E-state index contributed by atoms with van der Waals surface area (Å²) < 4.78 is 22.2. The number of benzene rings is 4. The first kappa shape index (κ1) is 25.3. The summed E-state index contributed by atoms with van der Waals surface area (Å²) in [6.07, 6.45) is 0. The van der Waals surface area contributed by atoms with E-state index in [4.69, 9.17) is 18.9 Å². The van der Waals surface area contributed by atoms with Crippen molar-refractivity contribution >= 4 is 23.3 Å². The van der Waals surface area contributed by atoms with Crippen molar-refractivity contribution < 1.29 is 28.5 Å². The van der Waals surface area contributed by atoms with Gasteiger partial charge in [-0.05, 0) is 72.8 Å². The summed E-state index contributed by atoms with van der Waals surface area (Å²) in [7, 11) is 1.31. The fraction of sp³-hybridized carbons (Fsp3) is 0.133. The molecule has 0 aliphatic carbocycles. The summed E-state index contributed by atoms with van der Waals surface area (Å²) in [4.78, 5) is 26.2. The van der Waals surface area contributed by atoms with Gasteiger partial charge in [-0.2, -0.15) is 0 Å². The highest BCUT2D eigenvalue weighted by Crippen LogP contribution is 2.32. The topological polar surface area (TPSA) is 74.3 Å². The van der Waals surface area contributed by atoms with E-state index in [-0.39, 0.29) is 5.91 Å². The van der Waals surface area contributed by atoms with Gasteiger partial charge in [0.2, 0.25) is 5.91 Å². The van der Waals surface area contributed by atoms with Gasteiger partial charge in [-0.3, -0.25) is 9.69 Å². The van der Waals surface area contributed by atoms with E-state index in [0.717, 1.165) is 5.75 Å². The van der Waals surface area contributed by atoms with Crippen molar-refractivity contribution in [3.8, 4) is 23.0 Å². The van der Waals surface area contributed by atoms with E-state index in [1.165, 1.54) is 18.9 Å². The summed E-state index contributed by atoms with van der Waals surface area (Å²) in [5.41, 5.74) is 1.34. The number of esters is 1. The molecule has 0 unspecified atom stereocenters. The van der Waals surface area contributed by atoms with Gasteiger partial charge in [0.05, 0.1) is 18.4 Å². The first-order chi connectivity index (χ1) is 18.0. The molecule has 0 saturated heterocycles. The van der Waals surface area contributed by atoms with Crippen molar-refractivity contribution in [2.45, 2.75) is 6.92 Å². The second-order valence-electron chi connectivity index (χ2n) is 7.94. The molecule has 0 radical (unpaired) electrons. The van der Waals surface area contributed by atoms with Crippen LogP contribution in [0.5, 0.6) is 23.0 Å². The molecule has 0 aliphatic rings. The molecule has 0 N–H and O–H groups in total. The molecule has 4 aromatic carbocycles. The van der Waals surface area contributed by atoms with E-state index in [1.807, 2.05) is 54.6 Å². The van der Waals surface area contributed by atoms with Gasteiger partial charge in [0.15, 0.2) is 0 Å². The third-order valence-electron chi connectivity index (χ3n) is 5.38. The van der Waals surface area contributed by atoms with Crippen LogP contribution in [0.15, 0.2) is 103 Å². The molecule has 188 valence electrons. The molecule has 37 heavy (non-hydrogen) atoms. The number of carbonyl (C=O) groups is 2. The van der Waals surface area contributed by atoms with Crippen molar-refractivity contribution in [3.05, 3.63) is 109 Å². The van der Waals surface area contributed by atoms with E-state index in [0.29, 0.717) is 47.4 Å². The van der Waals surface area contributed by atoms with Gasteiger partial charge in [-0.15, -0.1) is 0 Å². The third-order valence-corrected chi connectivity index (χ3v) is 5.38. The zero-order chi connectivity index (χ0) is 26.0. The average Bonchev–Trinajstić information content (AvgIpc) is 2.93. The number of carbonyl (C=O) groups excluding carboxylic acids is 2. The predicted molar refractivity (Wildman–Crippen MR) is 141 cm³/mol. The lowest BCUT2D eigenvalue weighted by atomic mass is 10.1. The number of para-hydroxylation sites is 2. The van der Waals surface area contributed by atoms with Crippen LogP contribution in [-0.4, -0.2) is 32.2 Å². The average molecular weight is 498 g/mol. The molecule has 4 aromatic rings. The molecule has 0 spiro atoms. The second kappa shape index (κ2) is 12.3. The van der Waals surface area contributed by atoms with Crippen molar-refractivity contribution in [2.24, 2.45) is 0 Å². The maximum Gasteiger partial charge on any atom is 0.339 e. The molecule has 0 bridgehead atoms. The number of amides is 1. The zero-order valence-corrected chi connectivity index (χ0v) is 20.6. The summed E-state index contributed by atoms with van der Waals surface area (Å²) >= 11 is 0. The van der Waals surface area contributed by atoms with Crippen LogP contribution >= 0.6 is 0 Å². The number of hydrogen-bond acceptors (Lipinski definition) is 6. The van der Waals surface area contributed by atoms with Crippen LogP contribution in [0.3, 0.4) is 0 Å². The SMILES string of the molecule is COC(=O)c1ccccc1N(C(C)=O)c1ccc(Oc2ccc(OCCOc3ccccc3)cc2)cc1. The minimum atomic E-state index is -0.516. The summed E-state index contributed by atoms with van der Waals surface area (Å²) in [5.74, 6) is 1.99. The number of anilines is 2. The largest absolute Gasteiger partial charge is 0.490 e. The van der Waals surface area contributed by atoms with E-state index in [9.17, 15) is 9.59 Å². The van der Waals surface area contributed by atoms with Crippen LogP contribution in [0.2, 0.25) is 0 Å². The predicted octanol–water partition coefficient (Wildman–Crippen LogP) is 6.41. The highest BCUT2D eigenvalue weighted by atomic mass is 16.5. The summed E-state index contributed by atoms with van der Waals surface area (Å²) in [6.45, 7) is 2.30. The van der Waals surface area contributed by atoms with E-state index < -0.39 is 5.97 Å². The first-order valence-corrected chi connectivity index (χ1v) is 11.7. The number of rotatable bonds is 10. The Labute approximate surface area is 215 Å². The molecule has 0 heterocycles. The maximum atomic E-state index is 12.5. The Bertz CT molecular complexity index is 1320. The van der Waals surface area contributed by atoms with Crippen molar-refractivity contribution in [1.29, 1.82) is 0 Å². The lowest BCUT2D eigenvalue weighted by molar-refractivity contribution is -0.115. The van der Waals surface area contributed by atoms with E-state index in [2.05, 4.69) is 0 Å². The van der Waals surface area contributed by atoms with E-state index in [1.54, 1.807) is 48.5 Å². The Morgan fingerprint density at radius 1 is 0.649 bits per heavy atom. The van der Waals surface area contributed by atoms with Gasteiger partial charge in [0.1, 0.15) is 36.2 Å². The Morgan fingerprint density at radius 2 is 1.16 bits per heavy atom. The van der Waals surface area contributed by atoms with Gasteiger partial charge in [-0.25, -0.2) is 4.79 Å². The quantitative estimate of drug-likeness (QED) is 0.186. The molecule has 4 rings (SSSR count). The smallest absolute Gasteiger partial charge is 0.339 e. The standard InChI is InChI=1S/C30H27NO6/c1-22(32)31(29-11-7-6-10-28(29)30(33)34-2)23-12-14-26(15-13-23)37-27-18-16-25(17-19-27)36-21-20-35-24-8-4-3-5-9-24/h3-19H,20-21H2,1-2H3. The van der Waals surface area contributed by atoms with Crippen LogP contribution in [0.4, 0.5) is 11.4 Å². The van der Waals surface area contributed by atoms with Gasteiger partial charge in [0.25, 0.3) is 0 Å². The number of nitrogens with zero attached hydrogens (tertiary/aromatic N) is 1. The van der Waals surface area contributed by atoms with Crippen LogP contribution in [0.25, 0.3) is 0 Å². The van der Waals surface area contributed by atoms with Gasteiger partial charge < -0.3 is 18.9 Å². The lowest BCUT2D eigenvalue weighted by Gasteiger charge is -2.23. The number of hydrogen-bond donors (Lipinski definition) is 0. The van der Waals surface area contributed by atoms with E-state index >= 15 is 0 Å². The Kier molecular flexibility index (Phi) is 8.39. The second-order valence-corrected chi connectivity index (χ2v) is 7.94. The molecule has 1 amide bonds. The maximum absolute atomic E-state index is 12.5. The molecule has 0 atom stereocenters. The van der Waals surface area contributed by atoms with Gasteiger partial charge >= 0.3 is 5.97 Å². The molecule has 0 aromatic heterocycles. The molecule has 7 nitrogen and oxygen atoms in total. The van der Waals surface area contributed by atoms with Crippen molar-refractivity contribution in [3.63, 3.8) is 0 Å². The normalized spacial score (nSPS) is 10.3. The Hall–Kier alpha value is -4.78. The first-order valence-electron chi connectivity index (χ1n) is 11.7. The molecule has 0 fully saturated rings. The zero-order valence-electron chi connectivity index (χ0n) is 20.6. The van der Waals surface area contributed by atoms with Crippen LogP contribution in [0, 0.1) is 0 Å². The molecule has 7 heteroatoms. The molecule has 0 aliphatic heterocycles. The lowest BCUT2D eigenvalue weighted by Crippen LogP contribution is -2.25. The molecular weight excluding hydrogens is 470 g/mol. The Balaban J connectivity index is 1.37. The summed E-state index contributed by atoms with van der Waals surface area (Å²) in [5, 5.41) is 0. The number of ether oxygens (including phenoxy) is 4. The van der Waals surface area contributed by atoms with Crippen molar-refractivity contribution in [1.82, 2.24) is 0 Å².